The number of anilines is 1. The molecule has 132 valence electrons. The van der Waals surface area contributed by atoms with Gasteiger partial charge in [0.25, 0.3) is 0 Å². The van der Waals surface area contributed by atoms with E-state index in [-0.39, 0.29) is 18.0 Å². The van der Waals surface area contributed by atoms with Gasteiger partial charge >= 0.3 is 5.97 Å². The number of aryl methyl sites for hydroxylation is 1. The van der Waals surface area contributed by atoms with Gasteiger partial charge in [0.1, 0.15) is 5.00 Å². The lowest BCUT2D eigenvalue weighted by atomic mass is 9.95. The second-order valence-electron chi connectivity index (χ2n) is 6.37. The Bertz CT molecular complexity index is 628. The minimum Gasteiger partial charge on any atom is -0.465 e. The fraction of sp³-hybridized carbons (Fsp3) is 0.647. The zero-order chi connectivity index (χ0) is 17.1. The van der Waals surface area contributed by atoms with Crippen LogP contribution in [0.1, 0.15) is 40.6 Å². The average molecular weight is 352 g/mol. The summed E-state index contributed by atoms with van der Waals surface area (Å²) >= 11 is 1.52. The van der Waals surface area contributed by atoms with Crippen LogP contribution in [0.5, 0.6) is 0 Å². The van der Waals surface area contributed by atoms with Crippen LogP contribution >= 0.6 is 11.3 Å². The van der Waals surface area contributed by atoms with E-state index in [0.29, 0.717) is 23.7 Å². The molecule has 2 heterocycles. The van der Waals surface area contributed by atoms with Crippen LogP contribution in [0.15, 0.2) is 0 Å². The molecule has 0 saturated carbocycles. The molecule has 1 N–H and O–H groups in total. The van der Waals surface area contributed by atoms with Crippen LogP contribution < -0.4 is 5.32 Å². The van der Waals surface area contributed by atoms with Gasteiger partial charge in [-0.05, 0) is 38.2 Å². The predicted octanol–water partition coefficient (Wildman–Crippen LogP) is 2.07. The molecule has 1 saturated heterocycles. The first kappa shape index (κ1) is 17.4. The number of hydrogen-bond acceptors (Lipinski definition) is 6. The van der Waals surface area contributed by atoms with Crippen molar-refractivity contribution in [3.05, 3.63) is 16.0 Å². The summed E-state index contributed by atoms with van der Waals surface area (Å²) in [5.41, 5.74) is 1.62. The lowest BCUT2D eigenvalue weighted by Crippen LogP contribution is -2.44. The van der Waals surface area contributed by atoms with E-state index in [1.165, 1.54) is 23.3 Å². The normalized spacial score (nSPS) is 21.2. The van der Waals surface area contributed by atoms with Crippen molar-refractivity contribution in [2.24, 2.45) is 0 Å². The summed E-state index contributed by atoms with van der Waals surface area (Å²) < 4.78 is 10.4. The molecule has 1 fully saturated rings. The first-order chi connectivity index (χ1) is 11.6. The molecule has 0 spiro atoms. The van der Waals surface area contributed by atoms with Gasteiger partial charge in [-0.25, -0.2) is 4.79 Å². The molecule has 1 aliphatic carbocycles. The number of rotatable bonds is 4. The molecule has 0 unspecified atom stereocenters. The van der Waals surface area contributed by atoms with Gasteiger partial charge in [-0.3, -0.25) is 9.69 Å². The Hall–Kier alpha value is -1.44. The highest BCUT2D eigenvalue weighted by Gasteiger charge is 2.27. The van der Waals surface area contributed by atoms with Gasteiger partial charge in [0.2, 0.25) is 5.91 Å². The maximum Gasteiger partial charge on any atom is 0.341 e. The van der Waals surface area contributed by atoms with Crippen LogP contribution in [0.25, 0.3) is 0 Å². The number of nitrogens with one attached hydrogen (secondary N) is 1. The Kier molecular flexibility index (Phi) is 5.53. The maximum absolute atomic E-state index is 12.4. The van der Waals surface area contributed by atoms with Crippen molar-refractivity contribution < 1.29 is 19.1 Å². The number of esters is 1. The van der Waals surface area contributed by atoms with Crippen molar-refractivity contribution in [3.63, 3.8) is 0 Å². The predicted molar refractivity (Wildman–Crippen MR) is 92.8 cm³/mol. The molecule has 3 rings (SSSR count). The van der Waals surface area contributed by atoms with E-state index in [9.17, 15) is 9.59 Å². The molecule has 24 heavy (non-hydrogen) atoms. The molecule has 7 heteroatoms. The number of methoxy groups -OCH3 is 1. The molecule has 0 aromatic carbocycles. The molecule has 0 bridgehead atoms. The van der Waals surface area contributed by atoms with E-state index in [0.717, 1.165) is 44.3 Å². The van der Waals surface area contributed by atoms with E-state index in [4.69, 9.17) is 9.47 Å². The standard InChI is InChI=1S/C17H24N2O4S/c1-11-9-19(7-8-23-11)10-14(20)18-16-15(17(21)22-2)12-5-3-4-6-13(12)24-16/h11H,3-10H2,1-2H3,(H,18,20)/t11-/m0/s1. The molecule has 1 aromatic rings. The number of thiophene rings is 1. The molecule has 1 amide bonds. The van der Waals surface area contributed by atoms with Crippen LogP contribution in [0.2, 0.25) is 0 Å². The van der Waals surface area contributed by atoms with Crippen molar-refractivity contribution in [2.45, 2.75) is 38.7 Å². The number of hydrogen-bond donors (Lipinski definition) is 1. The first-order valence-corrected chi connectivity index (χ1v) is 9.26. The fourth-order valence-corrected chi connectivity index (χ4v) is 4.67. The van der Waals surface area contributed by atoms with E-state index >= 15 is 0 Å². The third-order valence-electron chi connectivity index (χ3n) is 4.51. The molecule has 1 aromatic heterocycles. The van der Waals surface area contributed by atoms with Crippen molar-refractivity contribution in [1.29, 1.82) is 0 Å². The summed E-state index contributed by atoms with van der Waals surface area (Å²) in [5.74, 6) is -0.447. The van der Waals surface area contributed by atoms with Gasteiger partial charge in [0, 0.05) is 18.0 Å². The number of ether oxygens (including phenoxy) is 2. The summed E-state index contributed by atoms with van der Waals surface area (Å²) in [6, 6.07) is 0. The Morgan fingerprint density at radius 1 is 1.38 bits per heavy atom. The van der Waals surface area contributed by atoms with Crippen molar-refractivity contribution in [3.8, 4) is 0 Å². The Labute approximate surface area is 146 Å². The minimum absolute atomic E-state index is 0.0900. The molecule has 0 radical (unpaired) electrons. The zero-order valence-corrected chi connectivity index (χ0v) is 15.0. The van der Waals surface area contributed by atoms with Crippen LogP contribution in [-0.4, -0.2) is 56.2 Å². The Balaban J connectivity index is 1.73. The smallest absolute Gasteiger partial charge is 0.341 e. The van der Waals surface area contributed by atoms with Gasteiger partial charge in [-0.15, -0.1) is 11.3 Å². The minimum atomic E-state index is -0.357. The van der Waals surface area contributed by atoms with Crippen LogP contribution in [-0.2, 0) is 27.1 Å². The van der Waals surface area contributed by atoms with Crippen molar-refractivity contribution in [2.75, 3.05) is 38.7 Å². The monoisotopic (exact) mass is 352 g/mol. The molecule has 2 aliphatic rings. The molecular weight excluding hydrogens is 328 g/mol. The summed E-state index contributed by atoms with van der Waals surface area (Å²) in [6.45, 7) is 4.47. The van der Waals surface area contributed by atoms with Gasteiger partial charge < -0.3 is 14.8 Å². The number of carbonyl (C=O) groups excluding carboxylic acids is 2. The Morgan fingerprint density at radius 2 is 2.17 bits per heavy atom. The number of carbonyl (C=O) groups is 2. The van der Waals surface area contributed by atoms with E-state index < -0.39 is 0 Å². The average Bonchev–Trinajstić information content (AvgIpc) is 2.91. The number of nitrogens with zero attached hydrogens (tertiary/aromatic N) is 1. The van der Waals surface area contributed by atoms with Crippen molar-refractivity contribution >= 4 is 28.2 Å². The van der Waals surface area contributed by atoms with E-state index in [2.05, 4.69) is 10.2 Å². The molecule has 1 aliphatic heterocycles. The quantitative estimate of drug-likeness (QED) is 0.840. The van der Waals surface area contributed by atoms with Gasteiger partial charge in [0.15, 0.2) is 0 Å². The topological polar surface area (TPSA) is 67.9 Å². The molecular formula is C17H24N2O4S. The summed E-state index contributed by atoms with van der Waals surface area (Å²) in [5, 5.41) is 3.58. The number of morpholine rings is 1. The van der Waals surface area contributed by atoms with Crippen LogP contribution in [0.4, 0.5) is 5.00 Å². The summed E-state index contributed by atoms with van der Waals surface area (Å²) in [7, 11) is 1.38. The van der Waals surface area contributed by atoms with Gasteiger partial charge in [0.05, 0.1) is 31.9 Å². The third-order valence-corrected chi connectivity index (χ3v) is 5.71. The second-order valence-corrected chi connectivity index (χ2v) is 7.48. The van der Waals surface area contributed by atoms with E-state index in [1.54, 1.807) is 0 Å². The highest BCUT2D eigenvalue weighted by molar-refractivity contribution is 7.17. The molecule has 1 atom stereocenters. The number of fused-ring (bicyclic) bond motifs is 1. The largest absolute Gasteiger partial charge is 0.465 e. The third kappa shape index (κ3) is 3.79. The van der Waals surface area contributed by atoms with Gasteiger partial charge in [-0.1, -0.05) is 0 Å². The SMILES string of the molecule is COC(=O)c1c(NC(=O)CN2CCO[C@@H](C)C2)sc2c1CCCC2. The van der Waals surface area contributed by atoms with Gasteiger partial charge in [-0.2, -0.15) is 0 Å². The highest BCUT2D eigenvalue weighted by Crippen LogP contribution is 2.38. The first-order valence-electron chi connectivity index (χ1n) is 8.45. The summed E-state index contributed by atoms with van der Waals surface area (Å²) in [6.07, 6.45) is 4.21. The second kappa shape index (κ2) is 7.63. The van der Waals surface area contributed by atoms with Crippen molar-refractivity contribution in [1.82, 2.24) is 4.90 Å². The maximum atomic E-state index is 12.4. The summed E-state index contributed by atoms with van der Waals surface area (Å²) in [4.78, 5) is 27.9. The lowest BCUT2D eigenvalue weighted by molar-refractivity contribution is -0.119. The lowest BCUT2D eigenvalue weighted by Gasteiger charge is -2.30. The molecule has 6 nitrogen and oxygen atoms in total. The van der Waals surface area contributed by atoms with E-state index in [1.807, 2.05) is 6.92 Å². The van der Waals surface area contributed by atoms with Crippen LogP contribution in [0.3, 0.4) is 0 Å². The highest BCUT2D eigenvalue weighted by atomic mass is 32.1. The number of amides is 1. The van der Waals surface area contributed by atoms with Crippen LogP contribution in [0, 0.1) is 0 Å². The Morgan fingerprint density at radius 3 is 2.92 bits per heavy atom. The zero-order valence-electron chi connectivity index (χ0n) is 14.2. The fourth-order valence-electron chi connectivity index (χ4n) is 3.38.